The second-order valence-corrected chi connectivity index (χ2v) is 3.50. The van der Waals surface area contributed by atoms with E-state index in [2.05, 4.69) is 5.32 Å². The standard InChI is InChI=1S/C11H13F2NO3/c12-10(13)9(15)6-14-5-7-3-1-2-4-8(7)11(16)17/h1-4,9-10,14-15H,5-6H2,(H,16,17). The van der Waals surface area contributed by atoms with Crippen molar-refractivity contribution in [2.45, 2.75) is 19.1 Å². The van der Waals surface area contributed by atoms with Gasteiger partial charge in [0, 0.05) is 13.1 Å². The van der Waals surface area contributed by atoms with Crippen LogP contribution >= 0.6 is 0 Å². The molecule has 4 nitrogen and oxygen atoms in total. The van der Waals surface area contributed by atoms with E-state index >= 15 is 0 Å². The van der Waals surface area contributed by atoms with Gasteiger partial charge in [0.25, 0.3) is 6.43 Å². The van der Waals surface area contributed by atoms with Crippen LogP contribution in [0.5, 0.6) is 0 Å². The van der Waals surface area contributed by atoms with Crippen LogP contribution in [0.3, 0.4) is 0 Å². The first kappa shape index (κ1) is 13.5. The zero-order valence-electron chi connectivity index (χ0n) is 8.94. The molecule has 0 aliphatic carbocycles. The Kier molecular flexibility index (Phi) is 4.99. The fraction of sp³-hybridized carbons (Fsp3) is 0.364. The maximum atomic E-state index is 12.0. The maximum absolute atomic E-state index is 12.0. The number of aliphatic hydroxyl groups excluding tert-OH is 1. The first-order valence-corrected chi connectivity index (χ1v) is 5.00. The number of alkyl halides is 2. The third-order valence-electron chi connectivity index (χ3n) is 2.21. The summed E-state index contributed by atoms with van der Waals surface area (Å²) in [5.41, 5.74) is 0.605. The fourth-order valence-corrected chi connectivity index (χ4v) is 1.33. The smallest absolute Gasteiger partial charge is 0.336 e. The number of nitrogens with one attached hydrogen (secondary N) is 1. The van der Waals surface area contributed by atoms with Crippen LogP contribution < -0.4 is 5.32 Å². The Morgan fingerprint density at radius 2 is 2.00 bits per heavy atom. The second kappa shape index (κ2) is 6.27. The second-order valence-electron chi connectivity index (χ2n) is 3.50. The van der Waals surface area contributed by atoms with Crippen LogP contribution in [0.1, 0.15) is 15.9 Å². The number of carboxylic acids is 1. The van der Waals surface area contributed by atoms with Crippen LogP contribution in [0.2, 0.25) is 0 Å². The molecule has 0 amide bonds. The Morgan fingerprint density at radius 3 is 2.59 bits per heavy atom. The van der Waals surface area contributed by atoms with Gasteiger partial charge < -0.3 is 15.5 Å². The summed E-state index contributed by atoms with van der Waals surface area (Å²) in [6.45, 7) is -0.169. The summed E-state index contributed by atoms with van der Waals surface area (Å²) in [5, 5.41) is 20.3. The summed E-state index contributed by atoms with van der Waals surface area (Å²) in [7, 11) is 0. The molecule has 0 heterocycles. The topological polar surface area (TPSA) is 69.6 Å². The van der Waals surface area contributed by atoms with Crippen molar-refractivity contribution in [1.29, 1.82) is 0 Å². The molecule has 94 valence electrons. The monoisotopic (exact) mass is 245 g/mol. The molecule has 0 saturated carbocycles. The van der Waals surface area contributed by atoms with Gasteiger partial charge in [-0.25, -0.2) is 13.6 Å². The summed E-state index contributed by atoms with van der Waals surface area (Å²) in [6, 6.07) is 6.27. The molecule has 6 heteroatoms. The Labute approximate surface area is 96.9 Å². The normalized spacial score (nSPS) is 12.7. The van der Waals surface area contributed by atoms with Crippen LogP contribution in [-0.4, -0.2) is 35.3 Å². The molecule has 17 heavy (non-hydrogen) atoms. The Bertz CT molecular complexity index is 385. The van der Waals surface area contributed by atoms with Gasteiger partial charge in [-0.2, -0.15) is 0 Å². The van der Waals surface area contributed by atoms with E-state index in [0.29, 0.717) is 5.56 Å². The first-order chi connectivity index (χ1) is 8.02. The lowest BCUT2D eigenvalue weighted by molar-refractivity contribution is -0.00342. The highest BCUT2D eigenvalue weighted by Gasteiger charge is 2.16. The Hall–Kier alpha value is -1.53. The number of aliphatic hydroxyl groups is 1. The van der Waals surface area contributed by atoms with Gasteiger partial charge in [-0.3, -0.25) is 0 Å². The summed E-state index contributed by atoms with van der Waals surface area (Å²) in [4.78, 5) is 10.8. The lowest BCUT2D eigenvalue weighted by atomic mass is 10.1. The molecular formula is C11H13F2NO3. The van der Waals surface area contributed by atoms with Crippen molar-refractivity contribution in [3.63, 3.8) is 0 Å². The minimum Gasteiger partial charge on any atom is -0.478 e. The zero-order valence-corrected chi connectivity index (χ0v) is 8.94. The quantitative estimate of drug-likeness (QED) is 0.702. The number of rotatable bonds is 6. The molecule has 0 bridgehead atoms. The van der Waals surface area contributed by atoms with Crippen molar-refractivity contribution in [2.75, 3.05) is 6.54 Å². The van der Waals surface area contributed by atoms with E-state index in [0.717, 1.165) is 0 Å². The number of hydrogen-bond acceptors (Lipinski definition) is 3. The molecule has 3 N–H and O–H groups in total. The summed E-state index contributed by atoms with van der Waals surface area (Å²) >= 11 is 0. The summed E-state index contributed by atoms with van der Waals surface area (Å²) in [6.07, 6.45) is -4.55. The van der Waals surface area contributed by atoms with Crippen molar-refractivity contribution in [2.24, 2.45) is 0 Å². The zero-order chi connectivity index (χ0) is 12.8. The van der Waals surface area contributed by atoms with Gasteiger partial charge in [-0.1, -0.05) is 18.2 Å². The van der Waals surface area contributed by atoms with Crippen LogP contribution in [-0.2, 0) is 6.54 Å². The predicted molar refractivity (Wildman–Crippen MR) is 57.1 cm³/mol. The van der Waals surface area contributed by atoms with Crippen molar-refractivity contribution in [3.8, 4) is 0 Å². The lowest BCUT2D eigenvalue weighted by Crippen LogP contribution is -2.32. The van der Waals surface area contributed by atoms with Crippen molar-refractivity contribution < 1.29 is 23.8 Å². The van der Waals surface area contributed by atoms with E-state index in [9.17, 15) is 13.6 Å². The summed E-state index contributed by atoms with van der Waals surface area (Å²) < 4.78 is 24.0. The van der Waals surface area contributed by atoms with E-state index in [1.165, 1.54) is 6.07 Å². The van der Waals surface area contributed by atoms with Crippen LogP contribution in [0.4, 0.5) is 8.78 Å². The molecule has 1 rings (SSSR count). The number of benzene rings is 1. The van der Waals surface area contributed by atoms with Gasteiger partial charge in [-0.15, -0.1) is 0 Å². The minimum atomic E-state index is -2.81. The number of carbonyl (C=O) groups is 1. The van der Waals surface area contributed by atoms with Gasteiger partial charge in [0.15, 0.2) is 0 Å². The molecule has 0 aromatic heterocycles. The molecule has 0 fully saturated rings. The highest BCUT2D eigenvalue weighted by molar-refractivity contribution is 5.89. The molecule has 1 aromatic rings. The van der Waals surface area contributed by atoms with Crippen LogP contribution in [0.15, 0.2) is 24.3 Å². The number of aromatic carboxylic acids is 1. The molecule has 1 unspecified atom stereocenters. The molecule has 0 radical (unpaired) electrons. The Balaban J connectivity index is 2.55. The van der Waals surface area contributed by atoms with Gasteiger partial charge in [0.05, 0.1) is 5.56 Å². The highest BCUT2D eigenvalue weighted by atomic mass is 19.3. The number of hydrogen-bond donors (Lipinski definition) is 3. The molecule has 1 atom stereocenters. The molecule has 0 aliphatic rings. The van der Waals surface area contributed by atoms with Gasteiger partial charge in [-0.05, 0) is 11.6 Å². The number of carboxylic acid groups (broad SMARTS) is 1. The van der Waals surface area contributed by atoms with E-state index in [1.54, 1.807) is 18.2 Å². The van der Waals surface area contributed by atoms with E-state index in [1.807, 2.05) is 0 Å². The Morgan fingerprint density at radius 1 is 1.35 bits per heavy atom. The predicted octanol–water partition coefficient (Wildman–Crippen LogP) is 1.10. The van der Waals surface area contributed by atoms with Crippen LogP contribution in [0, 0.1) is 0 Å². The minimum absolute atomic E-state index is 0.117. The highest BCUT2D eigenvalue weighted by Crippen LogP contribution is 2.08. The molecule has 1 aromatic carbocycles. The van der Waals surface area contributed by atoms with Crippen molar-refractivity contribution >= 4 is 5.97 Å². The van der Waals surface area contributed by atoms with E-state index in [-0.39, 0.29) is 18.7 Å². The third kappa shape index (κ3) is 4.08. The van der Waals surface area contributed by atoms with Gasteiger partial charge >= 0.3 is 5.97 Å². The van der Waals surface area contributed by atoms with Gasteiger partial charge in [0.1, 0.15) is 6.10 Å². The van der Waals surface area contributed by atoms with Gasteiger partial charge in [0.2, 0.25) is 0 Å². The molecule has 0 aliphatic heterocycles. The first-order valence-electron chi connectivity index (χ1n) is 5.00. The van der Waals surface area contributed by atoms with E-state index in [4.69, 9.17) is 10.2 Å². The third-order valence-corrected chi connectivity index (χ3v) is 2.21. The molecular weight excluding hydrogens is 232 g/mol. The van der Waals surface area contributed by atoms with Crippen LogP contribution in [0.25, 0.3) is 0 Å². The fourth-order valence-electron chi connectivity index (χ4n) is 1.33. The number of halogens is 2. The average molecular weight is 245 g/mol. The largest absolute Gasteiger partial charge is 0.478 e. The van der Waals surface area contributed by atoms with E-state index < -0.39 is 18.5 Å². The van der Waals surface area contributed by atoms with Crippen molar-refractivity contribution in [3.05, 3.63) is 35.4 Å². The molecule has 0 spiro atoms. The maximum Gasteiger partial charge on any atom is 0.336 e. The lowest BCUT2D eigenvalue weighted by Gasteiger charge is -2.11. The average Bonchev–Trinajstić information content (AvgIpc) is 2.29. The summed E-state index contributed by atoms with van der Waals surface area (Å²) in [5.74, 6) is -1.07. The molecule has 0 saturated heterocycles. The van der Waals surface area contributed by atoms with Crippen molar-refractivity contribution in [1.82, 2.24) is 5.32 Å². The SMILES string of the molecule is O=C(O)c1ccccc1CNCC(O)C(F)F.